The van der Waals surface area contributed by atoms with Crippen LogP contribution in [0.4, 0.5) is 11.5 Å². The van der Waals surface area contributed by atoms with Gasteiger partial charge in [0.05, 0.1) is 24.6 Å². The Morgan fingerprint density at radius 1 is 1.47 bits per heavy atom. The zero-order chi connectivity index (χ0) is 12.7. The Morgan fingerprint density at radius 2 is 2.24 bits per heavy atom. The lowest BCUT2D eigenvalue weighted by Gasteiger charge is -2.07. The summed E-state index contributed by atoms with van der Waals surface area (Å²) in [6, 6.07) is 0. The van der Waals surface area contributed by atoms with Crippen LogP contribution in [0, 0.1) is 0 Å². The van der Waals surface area contributed by atoms with E-state index in [1.54, 1.807) is 4.68 Å². The third kappa shape index (κ3) is 3.90. The van der Waals surface area contributed by atoms with Gasteiger partial charge in [-0.15, -0.1) is 0 Å². The van der Waals surface area contributed by atoms with Crippen LogP contribution in [-0.2, 0) is 18.2 Å². The molecule has 6 heteroatoms. The molecule has 98 valence electrons. The monoisotopic (exact) mass is 242 g/mol. The largest absolute Gasteiger partial charge is 0.394 e. The molecule has 1 aromatic rings. The fraction of sp³-hybridized carbons (Fsp3) is 0.727. The lowest BCUT2D eigenvalue weighted by Crippen LogP contribution is -2.11. The van der Waals surface area contributed by atoms with Crippen molar-refractivity contribution < 1.29 is 9.84 Å². The van der Waals surface area contributed by atoms with E-state index in [4.69, 9.17) is 15.6 Å². The van der Waals surface area contributed by atoms with Crippen LogP contribution in [0.3, 0.4) is 0 Å². The minimum atomic E-state index is 0.0714. The van der Waals surface area contributed by atoms with E-state index in [0.29, 0.717) is 13.2 Å². The third-order valence-corrected chi connectivity index (χ3v) is 2.49. The van der Waals surface area contributed by atoms with Gasteiger partial charge in [-0.05, 0) is 12.8 Å². The average Bonchev–Trinajstić information content (AvgIpc) is 2.60. The number of nitrogens with zero attached hydrogens (tertiary/aromatic N) is 2. The first-order valence-corrected chi connectivity index (χ1v) is 5.94. The SMILES string of the molecule is CCc1nn(C)c(NCCCOCCO)c1N. The number of rotatable bonds is 8. The molecule has 0 fully saturated rings. The lowest BCUT2D eigenvalue weighted by molar-refractivity contribution is 0.0922. The molecule has 0 amide bonds. The number of aliphatic hydroxyl groups excluding tert-OH is 1. The van der Waals surface area contributed by atoms with Crippen LogP contribution in [0.25, 0.3) is 0 Å². The van der Waals surface area contributed by atoms with Crippen LogP contribution in [0.5, 0.6) is 0 Å². The third-order valence-electron chi connectivity index (χ3n) is 2.49. The summed E-state index contributed by atoms with van der Waals surface area (Å²) < 4.78 is 6.93. The Hall–Kier alpha value is -1.27. The second kappa shape index (κ2) is 7.13. The maximum absolute atomic E-state index is 8.53. The highest BCUT2D eigenvalue weighted by Gasteiger charge is 2.10. The van der Waals surface area contributed by atoms with E-state index in [1.807, 2.05) is 14.0 Å². The van der Waals surface area contributed by atoms with Crippen molar-refractivity contribution in [2.75, 3.05) is 37.4 Å². The van der Waals surface area contributed by atoms with Gasteiger partial charge in [-0.3, -0.25) is 4.68 Å². The first-order valence-electron chi connectivity index (χ1n) is 5.94. The number of hydrogen-bond donors (Lipinski definition) is 3. The summed E-state index contributed by atoms with van der Waals surface area (Å²) in [6.07, 6.45) is 1.70. The van der Waals surface area contributed by atoms with Gasteiger partial charge >= 0.3 is 0 Å². The summed E-state index contributed by atoms with van der Waals surface area (Å²) in [7, 11) is 1.88. The smallest absolute Gasteiger partial charge is 0.147 e. The average molecular weight is 242 g/mol. The highest BCUT2D eigenvalue weighted by molar-refractivity contribution is 5.64. The minimum absolute atomic E-state index is 0.0714. The fourth-order valence-corrected chi connectivity index (χ4v) is 1.61. The van der Waals surface area contributed by atoms with Crippen LogP contribution < -0.4 is 11.1 Å². The van der Waals surface area contributed by atoms with Gasteiger partial charge in [0.2, 0.25) is 0 Å². The van der Waals surface area contributed by atoms with Gasteiger partial charge < -0.3 is 20.9 Å². The Labute approximate surface area is 102 Å². The Balaban J connectivity index is 2.34. The molecule has 1 rings (SSSR count). The molecular weight excluding hydrogens is 220 g/mol. The van der Waals surface area contributed by atoms with Crippen molar-refractivity contribution in [2.45, 2.75) is 19.8 Å². The number of nitrogens with one attached hydrogen (secondary N) is 1. The van der Waals surface area contributed by atoms with Gasteiger partial charge in [-0.2, -0.15) is 5.10 Å². The molecule has 0 saturated heterocycles. The number of nitrogens with two attached hydrogens (primary N) is 1. The highest BCUT2D eigenvalue weighted by Crippen LogP contribution is 2.21. The maximum Gasteiger partial charge on any atom is 0.147 e. The molecule has 0 bridgehead atoms. The lowest BCUT2D eigenvalue weighted by atomic mass is 10.3. The summed E-state index contributed by atoms with van der Waals surface area (Å²) in [6.45, 7) is 3.91. The zero-order valence-electron chi connectivity index (χ0n) is 10.6. The molecule has 0 aliphatic rings. The highest BCUT2D eigenvalue weighted by atomic mass is 16.5. The molecular formula is C11H22N4O2. The van der Waals surface area contributed by atoms with Crippen molar-refractivity contribution in [2.24, 2.45) is 7.05 Å². The molecule has 6 nitrogen and oxygen atoms in total. The second-order valence-corrected chi connectivity index (χ2v) is 3.80. The number of ether oxygens (including phenoxy) is 1. The van der Waals surface area contributed by atoms with E-state index < -0.39 is 0 Å². The van der Waals surface area contributed by atoms with Gasteiger partial charge in [0, 0.05) is 20.2 Å². The van der Waals surface area contributed by atoms with Crippen molar-refractivity contribution in [1.29, 1.82) is 0 Å². The minimum Gasteiger partial charge on any atom is -0.394 e. The molecule has 0 saturated carbocycles. The Kier molecular flexibility index (Phi) is 5.79. The van der Waals surface area contributed by atoms with Crippen LogP contribution in [0.15, 0.2) is 0 Å². The predicted octanol–water partition coefficient (Wildman–Crippen LogP) is 0.376. The maximum atomic E-state index is 8.53. The van der Waals surface area contributed by atoms with Crippen molar-refractivity contribution in [3.63, 3.8) is 0 Å². The van der Waals surface area contributed by atoms with Crippen LogP contribution in [-0.4, -0.2) is 41.3 Å². The second-order valence-electron chi connectivity index (χ2n) is 3.80. The number of hydrogen-bond acceptors (Lipinski definition) is 5. The van der Waals surface area contributed by atoms with Crippen LogP contribution in [0.2, 0.25) is 0 Å². The molecule has 0 unspecified atom stereocenters. The summed E-state index contributed by atoms with van der Waals surface area (Å²) in [5.41, 5.74) is 7.62. The number of anilines is 2. The summed E-state index contributed by atoms with van der Waals surface area (Å²) >= 11 is 0. The zero-order valence-corrected chi connectivity index (χ0v) is 10.6. The van der Waals surface area contributed by atoms with Gasteiger partial charge in [0.25, 0.3) is 0 Å². The van der Waals surface area contributed by atoms with Crippen LogP contribution >= 0.6 is 0 Å². The quantitative estimate of drug-likeness (QED) is 0.574. The van der Waals surface area contributed by atoms with E-state index in [1.165, 1.54) is 0 Å². The van der Waals surface area contributed by atoms with Gasteiger partial charge in [-0.1, -0.05) is 6.92 Å². The number of aryl methyl sites for hydroxylation is 2. The first-order chi connectivity index (χ1) is 8.20. The predicted molar refractivity (Wildman–Crippen MR) is 68.0 cm³/mol. The number of aromatic nitrogens is 2. The Morgan fingerprint density at radius 3 is 2.82 bits per heavy atom. The summed E-state index contributed by atoms with van der Waals surface area (Å²) in [4.78, 5) is 0. The standard InChI is InChI=1S/C11H22N4O2/c1-3-9-10(12)11(15(2)14-9)13-5-4-7-17-8-6-16/h13,16H,3-8,12H2,1-2H3. The number of nitrogen functional groups attached to an aromatic ring is 1. The van der Waals surface area contributed by atoms with Crippen molar-refractivity contribution in [1.82, 2.24) is 9.78 Å². The van der Waals surface area contributed by atoms with E-state index in [-0.39, 0.29) is 6.61 Å². The van der Waals surface area contributed by atoms with Gasteiger partial charge in [0.15, 0.2) is 0 Å². The molecule has 1 heterocycles. The fourth-order valence-electron chi connectivity index (χ4n) is 1.61. The van der Waals surface area contributed by atoms with Crippen LogP contribution in [0.1, 0.15) is 19.0 Å². The van der Waals surface area contributed by atoms with E-state index in [0.717, 1.165) is 36.6 Å². The van der Waals surface area contributed by atoms with E-state index in [2.05, 4.69) is 10.4 Å². The molecule has 0 spiro atoms. The molecule has 0 aromatic carbocycles. The van der Waals surface area contributed by atoms with Crippen molar-refractivity contribution in [3.8, 4) is 0 Å². The summed E-state index contributed by atoms with van der Waals surface area (Å²) in [5, 5.41) is 16.1. The van der Waals surface area contributed by atoms with Gasteiger partial charge in [-0.25, -0.2) is 0 Å². The molecule has 0 aliphatic carbocycles. The topological polar surface area (TPSA) is 85.3 Å². The Bertz CT molecular complexity index is 338. The first kappa shape index (κ1) is 13.8. The van der Waals surface area contributed by atoms with E-state index in [9.17, 15) is 0 Å². The molecule has 0 aliphatic heterocycles. The summed E-state index contributed by atoms with van der Waals surface area (Å²) in [5.74, 6) is 0.865. The molecule has 0 atom stereocenters. The van der Waals surface area contributed by atoms with Crippen molar-refractivity contribution >= 4 is 11.5 Å². The molecule has 0 radical (unpaired) electrons. The van der Waals surface area contributed by atoms with Gasteiger partial charge in [0.1, 0.15) is 5.82 Å². The molecule has 17 heavy (non-hydrogen) atoms. The number of aliphatic hydroxyl groups is 1. The van der Waals surface area contributed by atoms with E-state index >= 15 is 0 Å². The normalized spacial score (nSPS) is 10.8. The molecule has 4 N–H and O–H groups in total. The van der Waals surface area contributed by atoms with Crippen molar-refractivity contribution in [3.05, 3.63) is 5.69 Å². The molecule has 1 aromatic heterocycles.